The number of benzene rings is 1. The normalized spacial score (nSPS) is 11.1. The molecule has 0 atom stereocenters. The van der Waals surface area contributed by atoms with Gasteiger partial charge < -0.3 is 15.2 Å². The van der Waals surface area contributed by atoms with Crippen molar-refractivity contribution in [2.24, 2.45) is 0 Å². The van der Waals surface area contributed by atoms with Crippen LogP contribution in [0.15, 0.2) is 18.2 Å². The molecule has 5 nitrogen and oxygen atoms in total. The Hall–Kier alpha value is -1.95. The molecule has 98 valence electrons. The number of hydrogen-bond donors (Lipinski definition) is 2. The predicted molar refractivity (Wildman–Crippen MR) is 63.1 cm³/mol. The van der Waals surface area contributed by atoms with Crippen molar-refractivity contribution in [2.75, 3.05) is 12.4 Å². The highest BCUT2D eigenvalue weighted by molar-refractivity contribution is 5.98. The lowest BCUT2D eigenvalue weighted by molar-refractivity contribution is -0.133. The molecule has 18 heavy (non-hydrogen) atoms. The van der Waals surface area contributed by atoms with Crippen molar-refractivity contribution < 1.29 is 23.8 Å². The largest absolute Gasteiger partial charge is 0.478 e. The van der Waals surface area contributed by atoms with Gasteiger partial charge in [-0.25, -0.2) is 9.18 Å². The first-order chi connectivity index (χ1) is 8.27. The summed E-state index contributed by atoms with van der Waals surface area (Å²) in [5.74, 6) is -2.47. The highest BCUT2D eigenvalue weighted by Crippen LogP contribution is 2.19. The van der Waals surface area contributed by atoms with E-state index in [1.807, 2.05) is 0 Å². The van der Waals surface area contributed by atoms with Crippen LogP contribution >= 0.6 is 0 Å². The number of aromatic carboxylic acids is 1. The minimum atomic E-state index is -1.20. The minimum Gasteiger partial charge on any atom is -0.478 e. The number of methoxy groups -OCH3 is 1. The van der Waals surface area contributed by atoms with Crippen molar-refractivity contribution in [3.05, 3.63) is 29.6 Å². The van der Waals surface area contributed by atoms with Gasteiger partial charge in [-0.05, 0) is 32.0 Å². The number of carbonyl (C=O) groups excluding carboxylic acids is 1. The van der Waals surface area contributed by atoms with E-state index in [1.54, 1.807) is 0 Å². The van der Waals surface area contributed by atoms with Gasteiger partial charge in [-0.15, -0.1) is 0 Å². The fourth-order valence-corrected chi connectivity index (χ4v) is 1.12. The Balaban J connectivity index is 3.01. The summed E-state index contributed by atoms with van der Waals surface area (Å²) in [5, 5.41) is 11.1. The van der Waals surface area contributed by atoms with Crippen molar-refractivity contribution >= 4 is 17.6 Å². The molecular formula is C12H14FNO4. The maximum atomic E-state index is 13.4. The Morgan fingerprint density at radius 2 is 2.00 bits per heavy atom. The number of carboxylic acids is 1. The Morgan fingerprint density at radius 3 is 2.50 bits per heavy atom. The van der Waals surface area contributed by atoms with E-state index >= 15 is 0 Å². The fraction of sp³-hybridized carbons (Fsp3) is 0.333. The number of halogens is 1. The summed E-state index contributed by atoms with van der Waals surface area (Å²) in [6.07, 6.45) is 0. The third-order valence-corrected chi connectivity index (χ3v) is 2.52. The monoisotopic (exact) mass is 255 g/mol. The number of amides is 1. The van der Waals surface area contributed by atoms with E-state index in [-0.39, 0.29) is 11.3 Å². The van der Waals surface area contributed by atoms with Gasteiger partial charge in [0.25, 0.3) is 5.91 Å². The topological polar surface area (TPSA) is 75.6 Å². The van der Waals surface area contributed by atoms with Crippen LogP contribution in [-0.2, 0) is 9.53 Å². The highest BCUT2D eigenvalue weighted by atomic mass is 19.1. The number of carboxylic acid groups (broad SMARTS) is 1. The molecule has 0 saturated carbocycles. The number of ether oxygens (including phenoxy) is 1. The smallest absolute Gasteiger partial charge is 0.335 e. The molecule has 1 amide bonds. The van der Waals surface area contributed by atoms with Gasteiger partial charge in [0.2, 0.25) is 0 Å². The lowest BCUT2D eigenvalue weighted by Crippen LogP contribution is -2.39. The minimum absolute atomic E-state index is 0.109. The highest BCUT2D eigenvalue weighted by Gasteiger charge is 2.27. The number of anilines is 1. The van der Waals surface area contributed by atoms with Crippen LogP contribution < -0.4 is 5.32 Å². The Labute approximate surface area is 104 Å². The summed E-state index contributed by atoms with van der Waals surface area (Å²) in [4.78, 5) is 22.5. The molecule has 0 bridgehead atoms. The predicted octanol–water partition coefficient (Wildman–Crippen LogP) is 1.89. The van der Waals surface area contributed by atoms with Crippen LogP contribution in [0.25, 0.3) is 0 Å². The quantitative estimate of drug-likeness (QED) is 0.861. The molecule has 0 unspecified atom stereocenters. The van der Waals surface area contributed by atoms with E-state index in [9.17, 15) is 14.0 Å². The SMILES string of the molecule is COC(C)(C)C(=O)Nc1cc(C(=O)O)ccc1F. The summed E-state index contributed by atoms with van der Waals surface area (Å²) in [7, 11) is 1.35. The van der Waals surface area contributed by atoms with E-state index in [4.69, 9.17) is 9.84 Å². The van der Waals surface area contributed by atoms with E-state index in [0.717, 1.165) is 18.2 Å². The zero-order chi connectivity index (χ0) is 13.9. The maximum Gasteiger partial charge on any atom is 0.335 e. The van der Waals surface area contributed by atoms with Crippen molar-refractivity contribution in [3.63, 3.8) is 0 Å². The second-order valence-electron chi connectivity index (χ2n) is 4.17. The molecule has 0 saturated heterocycles. The Kier molecular flexibility index (Phi) is 4.03. The summed E-state index contributed by atoms with van der Waals surface area (Å²) >= 11 is 0. The van der Waals surface area contributed by atoms with Gasteiger partial charge in [0.15, 0.2) is 0 Å². The van der Waals surface area contributed by atoms with Gasteiger partial charge >= 0.3 is 5.97 Å². The van der Waals surface area contributed by atoms with Crippen molar-refractivity contribution in [2.45, 2.75) is 19.4 Å². The zero-order valence-corrected chi connectivity index (χ0v) is 10.3. The average Bonchev–Trinajstić information content (AvgIpc) is 2.31. The van der Waals surface area contributed by atoms with Crippen LogP contribution in [0.1, 0.15) is 24.2 Å². The maximum absolute atomic E-state index is 13.4. The van der Waals surface area contributed by atoms with Crippen LogP contribution in [0.2, 0.25) is 0 Å². The van der Waals surface area contributed by atoms with E-state index in [2.05, 4.69) is 5.32 Å². The molecule has 0 aromatic heterocycles. The zero-order valence-electron chi connectivity index (χ0n) is 10.3. The van der Waals surface area contributed by atoms with Crippen molar-refractivity contribution in [1.29, 1.82) is 0 Å². The average molecular weight is 255 g/mol. The molecule has 1 aromatic rings. The molecule has 1 aromatic carbocycles. The number of nitrogens with one attached hydrogen (secondary N) is 1. The molecule has 0 aliphatic heterocycles. The second-order valence-corrected chi connectivity index (χ2v) is 4.17. The van der Waals surface area contributed by atoms with Crippen LogP contribution in [0, 0.1) is 5.82 Å². The van der Waals surface area contributed by atoms with Gasteiger partial charge in [0.05, 0.1) is 11.3 Å². The van der Waals surface area contributed by atoms with Crippen LogP contribution in [0.3, 0.4) is 0 Å². The number of rotatable bonds is 4. The van der Waals surface area contributed by atoms with Gasteiger partial charge in [-0.1, -0.05) is 0 Å². The molecule has 1 rings (SSSR count). The first-order valence-corrected chi connectivity index (χ1v) is 5.17. The van der Waals surface area contributed by atoms with E-state index in [1.165, 1.54) is 21.0 Å². The molecule has 0 aliphatic carbocycles. The summed E-state index contributed by atoms with van der Waals surface area (Å²) in [6, 6.07) is 3.16. The molecule has 0 aliphatic rings. The molecule has 0 fully saturated rings. The molecule has 0 spiro atoms. The molecule has 2 N–H and O–H groups in total. The van der Waals surface area contributed by atoms with Crippen molar-refractivity contribution in [3.8, 4) is 0 Å². The van der Waals surface area contributed by atoms with Crippen molar-refractivity contribution in [1.82, 2.24) is 0 Å². The van der Waals surface area contributed by atoms with Gasteiger partial charge in [0, 0.05) is 7.11 Å². The number of hydrogen-bond acceptors (Lipinski definition) is 3. The molecule has 0 radical (unpaired) electrons. The molecule has 0 heterocycles. The first kappa shape index (κ1) is 14.1. The number of carbonyl (C=O) groups is 2. The van der Waals surface area contributed by atoms with Gasteiger partial charge in [-0.2, -0.15) is 0 Å². The summed E-state index contributed by atoms with van der Waals surface area (Å²) in [6.45, 7) is 3.03. The lowest BCUT2D eigenvalue weighted by atomic mass is 10.1. The Morgan fingerprint density at radius 1 is 1.39 bits per heavy atom. The fourth-order valence-electron chi connectivity index (χ4n) is 1.12. The van der Waals surface area contributed by atoms with Gasteiger partial charge in [-0.3, -0.25) is 4.79 Å². The summed E-state index contributed by atoms with van der Waals surface area (Å²) in [5.41, 5.74) is -1.43. The molecule has 6 heteroatoms. The third-order valence-electron chi connectivity index (χ3n) is 2.52. The van der Waals surface area contributed by atoms with Crippen LogP contribution in [0.5, 0.6) is 0 Å². The van der Waals surface area contributed by atoms with Crippen LogP contribution in [-0.4, -0.2) is 29.7 Å². The van der Waals surface area contributed by atoms with E-state index in [0.29, 0.717) is 0 Å². The second kappa shape index (κ2) is 5.14. The Bertz CT molecular complexity index is 485. The molecular weight excluding hydrogens is 241 g/mol. The summed E-state index contributed by atoms with van der Waals surface area (Å²) < 4.78 is 18.4. The van der Waals surface area contributed by atoms with Gasteiger partial charge in [0.1, 0.15) is 11.4 Å². The lowest BCUT2D eigenvalue weighted by Gasteiger charge is -2.21. The van der Waals surface area contributed by atoms with Crippen LogP contribution in [0.4, 0.5) is 10.1 Å². The third kappa shape index (κ3) is 3.04. The van der Waals surface area contributed by atoms with E-state index < -0.39 is 23.3 Å². The standard InChI is InChI=1S/C12H14FNO4/c1-12(2,18-3)11(17)14-9-6-7(10(15)16)4-5-8(9)13/h4-6H,1-3H3,(H,14,17)(H,15,16). The first-order valence-electron chi connectivity index (χ1n) is 5.17.